The Labute approximate surface area is 740 Å². The van der Waals surface area contributed by atoms with Gasteiger partial charge < -0.3 is 89.2 Å². The first-order valence-corrected chi connectivity index (χ1v) is 47.0. The Morgan fingerprint density at radius 2 is 0.960 bits per heavy atom. The Hall–Kier alpha value is -10.5. The maximum Gasteiger partial charge on any atom is 0.245 e. The second-order valence-electron chi connectivity index (χ2n) is 35.0. The van der Waals surface area contributed by atoms with Crippen LogP contribution in [0.2, 0.25) is 0 Å². The summed E-state index contributed by atoms with van der Waals surface area (Å²) in [4.78, 5) is 141. The molecule has 6 heterocycles. The number of fused-ring (bicyclic) bond motifs is 5. The van der Waals surface area contributed by atoms with Crippen molar-refractivity contribution < 1.29 is 43.5 Å². The number of H-pyrrole nitrogens is 3. The number of likely N-dealkylation sites (tertiary alicyclic amines) is 2. The van der Waals surface area contributed by atoms with Gasteiger partial charge in [-0.3, -0.25) is 48.7 Å². The number of para-hydroxylation sites is 1. The van der Waals surface area contributed by atoms with Crippen LogP contribution in [-0.4, -0.2) is 237 Å². The fourth-order valence-corrected chi connectivity index (χ4v) is 21.9. The Morgan fingerprint density at radius 1 is 0.512 bits per heavy atom. The number of hydrogen-bond donors (Lipinski definition) is 16. The molecular formula is C96H124N18O9S2. The predicted octanol–water partition coefficient (Wildman–Crippen LogP) is 7.33. The van der Waals surface area contributed by atoms with Crippen LogP contribution in [0.3, 0.4) is 0 Å². The van der Waals surface area contributed by atoms with Gasteiger partial charge in [0.2, 0.25) is 47.3 Å². The van der Waals surface area contributed by atoms with Gasteiger partial charge in [-0.25, -0.2) is 0 Å². The molecule has 0 saturated carbocycles. The summed E-state index contributed by atoms with van der Waals surface area (Å²) >= 11 is 3.80. The monoisotopic (exact) mass is 1740 g/mol. The quantitative estimate of drug-likeness (QED) is 0.0130. The first kappa shape index (κ1) is 90.7. The molecule has 664 valence electrons. The average molecular weight is 1740 g/mol. The summed E-state index contributed by atoms with van der Waals surface area (Å²) in [5.41, 5.74) is 23.2. The highest BCUT2D eigenvalue weighted by Gasteiger charge is 2.43. The average Bonchev–Trinajstić information content (AvgIpc) is 1.66. The molecule has 27 nitrogen and oxygen atoms in total. The number of carbonyl (C=O) groups is 8. The molecule has 15 atom stereocenters. The number of thioether (sulfide) groups is 2. The summed E-state index contributed by atoms with van der Waals surface area (Å²) < 4.78 is 0. The molecule has 29 heteroatoms. The second-order valence-corrected chi connectivity index (χ2v) is 37.3. The summed E-state index contributed by atoms with van der Waals surface area (Å²) in [6.45, 7) is 4.86. The van der Waals surface area contributed by atoms with Crippen molar-refractivity contribution in [2.45, 2.75) is 188 Å². The third-order valence-electron chi connectivity index (χ3n) is 26.1. The number of aromatic nitrogens is 3. The van der Waals surface area contributed by atoms with Crippen LogP contribution in [0.1, 0.15) is 127 Å². The lowest BCUT2D eigenvalue weighted by Crippen LogP contribution is -2.62. The SMILES string of the molecule is C[C@@H](O)[C@@H]1NC(=O)[C@H](CCCCN)NC(=O)[C@@H](Cc2c[nH]c3ccccc23)NC(=O)[C@H](Cc2ccccc2)NC(=O)[C@H](Cc2ccccc2)NC(=O)[C@H](CCCNC(=N)N)NC(=O)[C@H](N(CCSC[C@@H]2C[C@@H]3c4cccc5[nH]cc(c45)C[C@H]3N(C)C2)CCSC[C@@H]2C[C@@H]3c4cccc5[nH]cc(c45)C[C@H]3N(C)C2)CCCCNC(=O)[C@H](Cc2ccccc2)NC1=O. The molecule has 125 heavy (non-hydrogen) atoms. The number of nitrogens with two attached hydrogens (primary N) is 2. The van der Waals surface area contributed by atoms with E-state index in [1.807, 2.05) is 115 Å². The molecule has 14 rings (SSSR count). The Morgan fingerprint density at radius 3 is 1.48 bits per heavy atom. The number of carbonyl (C=O) groups excluding carboxylic acids is 8. The highest BCUT2D eigenvalue weighted by atomic mass is 32.2. The van der Waals surface area contributed by atoms with Crippen molar-refractivity contribution in [3.8, 4) is 0 Å². The topological polar surface area (TPSA) is 398 Å². The van der Waals surface area contributed by atoms with Crippen LogP contribution in [-0.2, 0) is 76.9 Å². The van der Waals surface area contributed by atoms with Gasteiger partial charge >= 0.3 is 0 Å². The lowest BCUT2D eigenvalue weighted by atomic mass is 9.73. The number of likely N-dealkylation sites (N-methyl/N-ethyl adjacent to an activating group) is 2. The molecule has 3 fully saturated rings. The van der Waals surface area contributed by atoms with Gasteiger partial charge in [0.15, 0.2) is 5.96 Å². The number of unbranched alkanes of at least 4 members (excludes halogenated alkanes) is 1. The number of nitrogens with zero attached hydrogens (tertiary/aromatic N) is 3. The predicted molar refractivity (Wildman–Crippen MR) is 495 cm³/mol. The summed E-state index contributed by atoms with van der Waals surface area (Å²) in [6.07, 6.45) is 10.7. The van der Waals surface area contributed by atoms with Crippen LogP contribution in [0.5, 0.6) is 0 Å². The standard InChI is InChI=1S/C96H124N18O9S2/c1-59(115)87-95(123)110-78(46-60-22-7-4-8-23-60)88(116)100-38-18-16-36-82(114(40-42-124-57-63-44-71-69-29-19-33-74-85(69)66(53-103-74)50-83(71)112(2)55-63)41-43-125-58-64-45-72-70-30-20-34-75-86(70)67(54-104-75)51-84(72)113(3)56-64)94(122)106-77(35-21-39-101-96(98)99)89(117)107-79(47-61-24-9-5-10-25-61)91(119)108-80(48-62-26-11-6-12-27-62)92(120)109-81(49-65-52-102-73-31-14-13-28-68(65)73)93(121)105-76(90(118)111-87)32-15-17-37-97/h4-14,19-20,22-31,33-34,52-54,59,63-64,71-72,76-84,87,102-104,115H,15-18,21,32,35-51,55-58,97H2,1-3H3,(H,100,116)(H,105,121)(H,106,122)(H,107,117)(H,108,119)(H,109,120)(H,110,123)(H,111,118)(H4,98,99,101)/t59-,63-,64-,71-,72-,76+,77+,78+,79+,80+,81-,82-,83-,84-,87+/m1/s1. The largest absolute Gasteiger partial charge is 0.391 e. The molecule has 9 aromatic rings. The van der Waals surface area contributed by atoms with Crippen molar-refractivity contribution in [2.24, 2.45) is 23.3 Å². The fraction of sp³-hybridized carbons (Fsp3) is 0.469. The smallest absolute Gasteiger partial charge is 0.245 e. The van der Waals surface area contributed by atoms with E-state index in [2.05, 4.69) is 140 Å². The van der Waals surface area contributed by atoms with Crippen LogP contribution in [0.15, 0.2) is 170 Å². The van der Waals surface area contributed by atoms with Crippen molar-refractivity contribution in [3.05, 3.63) is 215 Å². The minimum Gasteiger partial charge on any atom is -0.391 e. The number of hydrogen-bond acceptors (Lipinski definition) is 16. The zero-order chi connectivity index (χ0) is 87.5. The molecule has 0 spiro atoms. The van der Waals surface area contributed by atoms with Crippen molar-refractivity contribution in [1.29, 1.82) is 5.41 Å². The van der Waals surface area contributed by atoms with Crippen LogP contribution in [0.4, 0.5) is 0 Å². The highest BCUT2D eigenvalue weighted by molar-refractivity contribution is 7.99. The van der Waals surface area contributed by atoms with Crippen LogP contribution < -0.4 is 59.3 Å². The number of rotatable bonds is 28. The maximum absolute atomic E-state index is 16.3. The third-order valence-corrected chi connectivity index (χ3v) is 28.4. The molecular weight excluding hydrogens is 1610 g/mol. The second kappa shape index (κ2) is 43.6. The molecule has 8 amide bonds. The minimum absolute atomic E-state index is 0.0231. The lowest BCUT2D eigenvalue weighted by Gasteiger charge is -2.45. The summed E-state index contributed by atoms with van der Waals surface area (Å²) in [6, 6.07) is 38.4. The van der Waals surface area contributed by atoms with Gasteiger partial charge in [-0.05, 0) is 191 Å². The van der Waals surface area contributed by atoms with Crippen molar-refractivity contribution in [3.63, 3.8) is 0 Å². The molecule has 18 N–H and O–H groups in total. The molecule has 3 aromatic heterocycles. The van der Waals surface area contributed by atoms with Crippen LogP contribution in [0, 0.1) is 17.2 Å². The van der Waals surface area contributed by atoms with E-state index in [1.165, 1.54) is 51.0 Å². The van der Waals surface area contributed by atoms with Gasteiger partial charge in [-0.1, -0.05) is 133 Å². The Kier molecular flexibility index (Phi) is 31.6. The van der Waals surface area contributed by atoms with E-state index >= 15 is 24.0 Å². The molecule has 0 bridgehead atoms. The van der Waals surface area contributed by atoms with E-state index in [0.717, 1.165) is 66.7 Å². The summed E-state index contributed by atoms with van der Waals surface area (Å²) in [5.74, 6) is -1.14. The van der Waals surface area contributed by atoms with E-state index < -0.39 is 102 Å². The Bertz CT molecular complexity index is 5050. The highest BCUT2D eigenvalue weighted by Crippen LogP contribution is 2.47. The minimum atomic E-state index is -1.64. The van der Waals surface area contributed by atoms with E-state index in [-0.39, 0.29) is 70.5 Å². The van der Waals surface area contributed by atoms with Gasteiger partial charge in [-0.15, -0.1) is 0 Å². The maximum atomic E-state index is 16.3. The number of aliphatic hydroxyl groups is 1. The molecule has 0 radical (unpaired) electrons. The number of aliphatic hydroxyl groups excluding tert-OH is 1. The number of piperidine rings is 2. The number of benzene rings is 6. The van der Waals surface area contributed by atoms with E-state index in [9.17, 15) is 19.5 Å². The van der Waals surface area contributed by atoms with E-state index in [0.29, 0.717) is 109 Å². The molecule has 0 unspecified atom stereocenters. The van der Waals surface area contributed by atoms with Gasteiger partial charge in [0.05, 0.1) is 12.1 Å². The van der Waals surface area contributed by atoms with Crippen molar-refractivity contribution >= 4 is 109 Å². The Balaban J connectivity index is 0.795. The number of aromatic amines is 3. The van der Waals surface area contributed by atoms with Gasteiger partial charge in [0.25, 0.3) is 0 Å². The number of nitrogens with one attached hydrogen (secondary N) is 13. The summed E-state index contributed by atoms with van der Waals surface area (Å²) in [7, 11) is 4.53. The van der Waals surface area contributed by atoms with Gasteiger partial charge in [-0.2, -0.15) is 23.5 Å². The normalized spacial score (nSPS) is 25.2. The zero-order valence-corrected chi connectivity index (χ0v) is 73.6. The van der Waals surface area contributed by atoms with Crippen molar-refractivity contribution in [2.75, 3.05) is 82.9 Å². The van der Waals surface area contributed by atoms with Gasteiger partial charge in [0.1, 0.15) is 42.3 Å². The summed E-state index contributed by atoms with van der Waals surface area (Å²) in [5, 5.41) is 49.8. The first-order chi connectivity index (χ1) is 60.7. The molecule has 2 aliphatic carbocycles. The van der Waals surface area contributed by atoms with E-state index in [4.69, 9.17) is 16.9 Å². The van der Waals surface area contributed by atoms with Crippen LogP contribution >= 0.6 is 23.5 Å². The van der Waals surface area contributed by atoms with E-state index in [1.54, 1.807) is 30.5 Å². The number of guanidine groups is 1. The zero-order valence-electron chi connectivity index (χ0n) is 71.9. The van der Waals surface area contributed by atoms with Crippen molar-refractivity contribution in [1.82, 2.24) is 77.5 Å². The molecule has 3 aliphatic heterocycles. The van der Waals surface area contributed by atoms with Crippen LogP contribution in [0.25, 0.3) is 32.7 Å². The third kappa shape index (κ3) is 23.4. The lowest BCUT2D eigenvalue weighted by molar-refractivity contribution is -0.137. The molecule has 5 aliphatic rings. The van der Waals surface area contributed by atoms with Gasteiger partial charge in [0, 0.05) is 152 Å². The first-order valence-electron chi connectivity index (χ1n) is 44.7. The fourth-order valence-electron chi connectivity index (χ4n) is 19.7. The molecule has 6 aromatic carbocycles. The number of amides is 8. The molecule has 3 saturated heterocycles.